The third kappa shape index (κ3) is 4.97. The smallest absolute Gasteiger partial charge is 0.291 e. The van der Waals surface area contributed by atoms with Crippen LogP contribution in [-0.2, 0) is 4.79 Å². The first-order valence-electron chi connectivity index (χ1n) is 7.84. The Morgan fingerprint density at radius 1 is 0.885 bits per heavy atom. The molecule has 1 heterocycles. The average molecular weight is 414 g/mol. The Kier molecular flexibility index (Phi) is 5.70. The Morgan fingerprint density at radius 3 is 2.35 bits per heavy atom. The molecule has 0 fully saturated rings. The molecule has 0 bridgehead atoms. The lowest BCUT2D eigenvalue weighted by atomic mass is 10.2. The van der Waals surface area contributed by atoms with E-state index in [2.05, 4.69) is 31.9 Å². The van der Waals surface area contributed by atoms with Gasteiger partial charge in [0.1, 0.15) is 0 Å². The average Bonchev–Trinajstić information content (AvgIpc) is 3.15. The zero-order chi connectivity index (χ0) is 18.4. The monoisotopic (exact) mass is 413 g/mol. The Balaban J connectivity index is 1.56. The van der Waals surface area contributed by atoms with E-state index in [0.717, 1.165) is 10.2 Å². The van der Waals surface area contributed by atoms with Crippen LogP contribution in [0.5, 0.6) is 0 Å². The summed E-state index contributed by atoms with van der Waals surface area (Å²) in [4.78, 5) is 24.1. The van der Waals surface area contributed by atoms with E-state index in [1.807, 2.05) is 24.3 Å². The van der Waals surface area contributed by atoms with Crippen LogP contribution in [0.15, 0.2) is 75.8 Å². The molecule has 0 aliphatic rings. The first-order chi connectivity index (χ1) is 12.6. The fraction of sp³-hybridized carbons (Fsp3) is 0.0526. The van der Waals surface area contributed by atoms with Gasteiger partial charge in [-0.1, -0.05) is 28.1 Å². The highest BCUT2D eigenvalue weighted by molar-refractivity contribution is 9.10. The molecule has 2 aromatic carbocycles. The van der Waals surface area contributed by atoms with Crippen molar-refractivity contribution < 1.29 is 14.0 Å². The third-order valence-electron chi connectivity index (χ3n) is 3.43. The molecule has 0 radical (unpaired) electrons. The fourth-order valence-electron chi connectivity index (χ4n) is 2.26. The molecule has 6 nitrogen and oxygen atoms in total. The van der Waals surface area contributed by atoms with Crippen molar-refractivity contribution in [1.82, 2.24) is 0 Å². The van der Waals surface area contributed by atoms with Gasteiger partial charge in [0.05, 0.1) is 12.8 Å². The second kappa shape index (κ2) is 8.35. The Labute approximate surface area is 158 Å². The van der Waals surface area contributed by atoms with Crippen molar-refractivity contribution in [2.45, 2.75) is 0 Å². The molecular weight excluding hydrogens is 398 g/mol. The number of carbonyl (C=O) groups excluding carboxylic acids is 2. The number of hydrogen-bond donors (Lipinski definition) is 3. The number of amides is 2. The van der Waals surface area contributed by atoms with Gasteiger partial charge in [0, 0.05) is 21.5 Å². The number of nitrogens with one attached hydrogen (secondary N) is 3. The number of benzene rings is 2. The van der Waals surface area contributed by atoms with E-state index in [1.165, 1.54) is 6.26 Å². The maximum absolute atomic E-state index is 12.1. The highest BCUT2D eigenvalue weighted by Crippen LogP contribution is 2.17. The van der Waals surface area contributed by atoms with Crippen molar-refractivity contribution in [3.05, 3.63) is 77.2 Å². The maximum atomic E-state index is 12.1. The molecule has 0 spiro atoms. The molecule has 0 unspecified atom stereocenters. The summed E-state index contributed by atoms with van der Waals surface area (Å²) in [6, 6.07) is 17.7. The van der Waals surface area contributed by atoms with Crippen molar-refractivity contribution in [2.24, 2.45) is 0 Å². The second-order valence-corrected chi connectivity index (χ2v) is 6.34. The number of rotatable bonds is 6. The van der Waals surface area contributed by atoms with Crippen LogP contribution in [0.4, 0.5) is 17.1 Å². The van der Waals surface area contributed by atoms with Gasteiger partial charge >= 0.3 is 0 Å². The van der Waals surface area contributed by atoms with Crippen molar-refractivity contribution in [3.63, 3.8) is 0 Å². The number of hydrogen-bond acceptors (Lipinski definition) is 4. The molecule has 3 N–H and O–H groups in total. The van der Waals surface area contributed by atoms with E-state index in [1.54, 1.807) is 36.4 Å². The van der Waals surface area contributed by atoms with Crippen LogP contribution < -0.4 is 16.0 Å². The minimum atomic E-state index is -0.352. The minimum Gasteiger partial charge on any atom is -0.459 e. The van der Waals surface area contributed by atoms with Crippen LogP contribution in [0, 0.1) is 0 Å². The summed E-state index contributed by atoms with van der Waals surface area (Å²) in [5, 5.41) is 8.55. The Hall–Kier alpha value is -3.06. The normalized spacial score (nSPS) is 10.2. The standard InChI is InChI=1S/C19H16BrN3O3/c20-13-4-1-5-14(10-13)21-12-18(24)22-15-6-2-7-16(11-15)23-19(25)17-8-3-9-26-17/h1-11,21H,12H2,(H,22,24)(H,23,25). The highest BCUT2D eigenvalue weighted by Gasteiger charge is 2.09. The lowest BCUT2D eigenvalue weighted by Crippen LogP contribution is -2.21. The first-order valence-corrected chi connectivity index (χ1v) is 8.64. The molecule has 132 valence electrons. The molecule has 0 aliphatic heterocycles. The van der Waals surface area contributed by atoms with Gasteiger partial charge in [-0.25, -0.2) is 0 Å². The number of furan rings is 1. The molecule has 26 heavy (non-hydrogen) atoms. The second-order valence-electron chi connectivity index (χ2n) is 5.42. The molecule has 0 atom stereocenters. The predicted molar refractivity (Wildman–Crippen MR) is 104 cm³/mol. The van der Waals surface area contributed by atoms with Crippen molar-refractivity contribution >= 4 is 44.8 Å². The van der Waals surface area contributed by atoms with Gasteiger partial charge in [-0.3, -0.25) is 9.59 Å². The van der Waals surface area contributed by atoms with E-state index in [9.17, 15) is 9.59 Å². The van der Waals surface area contributed by atoms with E-state index in [-0.39, 0.29) is 24.1 Å². The Bertz CT molecular complexity index is 910. The largest absolute Gasteiger partial charge is 0.459 e. The summed E-state index contributed by atoms with van der Waals surface area (Å²) < 4.78 is 5.98. The Morgan fingerprint density at radius 2 is 1.62 bits per heavy atom. The predicted octanol–water partition coefficient (Wildman–Crippen LogP) is 4.35. The van der Waals surface area contributed by atoms with E-state index >= 15 is 0 Å². The van der Waals surface area contributed by atoms with Gasteiger partial charge in [0.25, 0.3) is 5.91 Å². The third-order valence-corrected chi connectivity index (χ3v) is 3.92. The van der Waals surface area contributed by atoms with E-state index in [4.69, 9.17) is 4.42 Å². The topological polar surface area (TPSA) is 83.4 Å². The van der Waals surface area contributed by atoms with Gasteiger partial charge < -0.3 is 20.4 Å². The van der Waals surface area contributed by atoms with E-state index < -0.39 is 0 Å². The SMILES string of the molecule is O=C(CNc1cccc(Br)c1)Nc1cccc(NC(=O)c2ccco2)c1. The molecule has 3 aromatic rings. The summed E-state index contributed by atoms with van der Waals surface area (Å²) in [6.45, 7) is 0.124. The van der Waals surface area contributed by atoms with E-state index in [0.29, 0.717) is 11.4 Å². The first kappa shape index (κ1) is 17.8. The summed E-state index contributed by atoms with van der Waals surface area (Å²) in [5.41, 5.74) is 1.99. The van der Waals surface area contributed by atoms with Crippen LogP contribution in [0.3, 0.4) is 0 Å². The molecule has 1 aromatic heterocycles. The summed E-state index contributed by atoms with van der Waals surface area (Å²) in [5.74, 6) is -0.327. The van der Waals surface area contributed by atoms with Crippen LogP contribution in [-0.4, -0.2) is 18.4 Å². The maximum Gasteiger partial charge on any atom is 0.291 e. The zero-order valence-electron chi connectivity index (χ0n) is 13.7. The molecule has 2 amide bonds. The highest BCUT2D eigenvalue weighted by atomic mass is 79.9. The lowest BCUT2D eigenvalue weighted by molar-refractivity contribution is -0.114. The lowest BCUT2D eigenvalue weighted by Gasteiger charge is -2.10. The summed E-state index contributed by atoms with van der Waals surface area (Å²) >= 11 is 3.38. The molecule has 3 rings (SSSR count). The van der Waals surface area contributed by atoms with Crippen LogP contribution in [0.1, 0.15) is 10.6 Å². The number of halogens is 1. The zero-order valence-corrected chi connectivity index (χ0v) is 15.2. The van der Waals surface area contributed by atoms with Crippen molar-refractivity contribution in [2.75, 3.05) is 22.5 Å². The quantitative estimate of drug-likeness (QED) is 0.560. The van der Waals surface area contributed by atoms with Gasteiger partial charge in [0.15, 0.2) is 5.76 Å². The number of anilines is 3. The van der Waals surface area contributed by atoms with Crippen LogP contribution in [0.25, 0.3) is 0 Å². The molecular formula is C19H16BrN3O3. The van der Waals surface area contributed by atoms with Crippen molar-refractivity contribution in [1.29, 1.82) is 0 Å². The molecule has 0 saturated heterocycles. The minimum absolute atomic E-state index is 0.124. The fourth-order valence-corrected chi connectivity index (χ4v) is 2.66. The van der Waals surface area contributed by atoms with Crippen molar-refractivity contribution in [3.8, 4) is 0 Å². The molecule has 7 heteroatoms. The molecule has 0 aliphatic carbocycles. The number of carbonyl (C=O) groups is 2. The van der Waals surface area contributed by atoms with Gasteiger partial charge in [-0.15, -0.1) is 0 Å². The van der Waals surface area contributed by atoms with Crippen LogP contribution in [0.2, 0.25) is 0 Å². The molecule has 0 saturated carbocycles. The summed E-state index contributed by atoms with van der Waals surface area (Å²) in [6.07, 6.45) is 1.43. The van der Waals surface area contributed by atoms with Crippen LogP contribution >= 0.6 is 15.9 Å². The van der Waals surface area contributed by atoms with Gasteiger partial charge in [-0.2, -0.15) is 0 Å². The summed E-state index contributed by atoms with van der Waals surface area (Å²) in [7, 11) is 0. The van der Waals surface area contributed by atoms with Gasteiger partial charge in [-0.05, 0) is 48.5 Å². The van der Waals surface area contributed by atoms with Gasteiger partial charge in [0.2, 0.25) is 5.91 Å².